The SMILES string of the molecule is CCC1=CC=CC1.[Cl-].[Cl-].[Hf+2]. The van der Waals surface area contributed by atoms with Gasteiger partial charge in [-0.05, 0) is 12.8 Å². The van der Waals surface area contributed by atoms with E-state index >= 15 is 0 Å². The van der Waals surface area contributed by atoms with Crippen molar-refractivity contribution >= 4 is 0 Å². The third-order valence-corrected chi connectivity index (χ3v) is 1.30. The summed E-state index contributed by atoms with van der Waals surface area (Å²) >= 11 is 0. The molecular formula is C7H10Cl2Hf. The molecule has 0 aromatic heterocycles. The van der Waals surface area contributed by atoms with Gasteiger partial charge >= 0.3 is 25.8 Å². The summed E-state index contributed by atoms with van der Waals surface area (Å²) in [5, 5.41) is 0. The standard InChI is InChI=1S/C7H10.2ClH.Hf/c1-2-7-5-3-4-6-7;;;/h3-5H,2,6H2,1H3;2*1H;/q;;;+2/p-2. The van der Waals surface area contributed by atoms with Crippen molar-refractivity contribution in [2.45, 2.75) is 19.8 Å². The maximum Gasteiger partial charge on any atom is 2.00 e. The van der Waals surface area contributed by atoms with Gasteiger partial charge in [-0.1, -0.05) is 30.7 Å². The Morgan fingerprint density at radius 2 is 2.00 bits per heavy atom. The van der Waals surface area contributed by atoms with Crippen LogP contribution in [-0.4, -0.2) is 0 Å². The minimum absolute atomic E-state index is 0. The Bertz CT molecular complexity index is 119. The van der Waals surface area contributed by atoms with E-state index in [9.17, 15) is 0 Å². The number of rotatable bonds is 1. The van der Waals surface area contributed by atoms with E-state index < -0.39 is 0 Å². The van der Waals surface area contributed by atoms with Crippen LogP contribution in [0.4, 0.5) is 0 Å². The Morgan fingerprint density at radius 1 is 1.40 bits per heavy atom. The zero-order valence-corrected chi connectivity index (χ0v) is 11.0. The first-order valence-corrected chi connectivity index (χ1v) is 2.78. The average molecular weight is 344 g/mol. The molecule has 0 N–H and O–H groups in total. The van der Waals surface area contributed by atoms with Gasteiger partial charge in [0.15, 0.2) is 0 Å². The molecule has 0 aromatic carbocycles. The zero-order valence-electron chi connectivity index (χ0n) is 5.90. The van der Waals surface area contributed by atoms with Crippen molar-refractivity contribution < 1.29 is 50.7 Å². The van der Waals surface area contributed by atoms with Gasteiger partial charge in [0.1, 0.15) is 0 Å². The van der Waals surface area contributed by atoms with Gasteiger partial charge in [-0.2, -0.15) is 0 Å². The quantitative estimate of drug-likeness (QED) is 0.430. The number of hydrogen-bond acceptors (Lipinski definition) is 0. The Labute approximate surface area is 93.8 Å². The number of hydrogen-bond donors (Lipinski definition) is 0. The van der Waals surface area contributed by atoms with Crippen LogP contribution in [0.1, 0.15) is 19.8 Å². The van der Waals surface area contributed by atoms with Crippen molar-refractivity contribution in [1.29, 1.82) is 0 Å². The predicted molar refractivity (Wildman–Crippen MR) is 32.1 cm³/mol. The molecule has 0 unspecified atom stereocenters. The van der Waals surface area contributed by atoms with E-state index in [-0.39, 0.29) is 50.7 Å². The van der Waals surface area contributed by atoms with Crippen LogP contribution >= 0.6 is 0 Å². The van der Waals surface area contributed by atoms with Crippen LogP contribution in [0.2, 0.25) is 0 Å². The Kier molecular flexibility index (Phi) is 17.0. The van der Waals surface area contributed by atoms with E-state index in [1.807, 2.05) is 0 Å². The van der Waals surface area contributed by atoms with E-state index in [0.29, 0.717) is 0 Å². The fourth-order valence-corrected chi connectivity index (χ4v) is 0.754. The third-order valence-electron chi connectivity index (χ3n) is 1.30. The molecule has 1 aliphatic rings. The molecule has 0 amide bonds. The molecule has 0 aliphatic heterocycles. The van der Waals surface area contributed by atoms with Crippen molar-refractivity contribution in [2.24, 2.45) is 0 Å². The molecule has 10 heavy (non-hydrogen) atoms. The van der Waals surface area contributed by atoms with Crippen molar-refractivity contribution in [2.75, 3.05) is 0 Å². The Hall–Kier alpha value is 0.930. The monoisotopic (exact) mass is 344 g/mol. The third kappa shape index (κ3) is 5.70. The second-order valence-corrected chi connectivity index (χ2v) is 1.81. The number of halogens is 2. The van der Waals surface area contributed by atoms with Crippen LogP contribution in [-0.2, 0) is 25.8 Å². The molecule has 0 spiro atoms. The van der Waals surface area contributed by atoms with Crippen LogP contribution in [0.25, 0.3) is 0 Å². The van der Waals surface area contributed by atoms with Crippen LogP contribution in [0.15, 0.2) is 23.8 Å². The molecule has 56 valence electrons. The zero-order chi connectivity index (χ0) is 5.11. The molecule has 0 nitrogen and oxygen atoms in total. The van der Waals surface area contributed by atoms with E-state index in [1.54, 1.807) is 5.57 Å². The van der Waals surface area contributed by atoms with E-state index in [1.165, 1.54) is 12.8 Å². The minimum atomic E-state index is 0. The van der Waals surface area contributed by atoms with Gasteiger partial charge in [0.05, 0.1) is 0 Å². The van der Waals surface area contributed by atoms with Gasteiger partial charge < -0.3 is 24.8 Å². The van der Waals surface area contributed by atoms with Gasteiger partial charge in [-0.3, -0.25) is 0 Å². The summed E-state index contributed by atoms with van der Waals surface area (Å²) in [4.78, 5) is 0. The van der Waals surface area contributed by atoms with Crippen LogP contribution < -0.4 is 24.8 Å². The smallest absolute Gasteiger partial charge is 1.00 e. The molecule has 3 heteroatoms. The minimum Gasteiger partial charge on any atom is -1.00 e. The molecule has 0 bridgehead atoms. The first kappa shape index (κ1) is 17.1. The molecule has 0 heterocycles. The summed E-state index contributed by atoms with van der Waals surface area (Å²) in [6.07, 6.45) is 8.92. The summed E-state index contributed by atoms with van der Waals surface area (Å²) in [6, 6.07) is 0. The second-order valence-electron chi connectivity index (χ2n) is 1.81. The average Bonchev–Trinajstić information content (AvgIpc) is 2.14. The summed E-state index contributed by atoms with van der Waals surface area (Å²) in [6.45, 7) is 2.19. The van der Waals surface area contributed by atoms with Crippen LogP contribution in [0.3, 0.4) is 0 Å². The molecule has 0 atom stereocenters. The Balaban J connectivity index is -0.000000163. The molecule has 1 aliphatic carbocycles. The van der Waals surface area contributed by atoms with E-state index in [0.717, 1.165) is 0 Å². The molecule has 0 fully saturated rings. The number of allylic oxidation sites excluding steroid dienone is 4. The van der Waals surface area contributed by atoms with Crippen molar-refractivity contribution in [3.05, 3.63) is 23.8 Å². The van der Waals surface area contributed by atoms with E-state index in [2.05, 4.69) is 25.2 Å². The fourth-order valence-electron chi connectivity index (χ4n) is 0.754. The molecule has 1 rings (SSSR count). The van der Waals surface area contributed by atoms with Crippen molar-refractivity contribution in [3.8, 4) is 0 Å². The summed E-state index contributed by atoms with van der Waals surface area (Å²) < 4.78 is 0. The van der Waals surface area contributed by atoms with E-state index in [4.69, 9.17) is 0 Å². The van der Waals surface area contributed by atoms with Crippen LogP contribution in [0.5, 0.6) is 0 Å². The van der Waals surface area contributed by atoms with Gasteiger partial charge in [0.2, 0.25) is 0 Å². The first-order valence-electron chi connectivity index (χ1n) is 2.78. The molecule has 0 aromatic rings. The molecular weight excluding hydrogens is 333 g/mol. The topological polar surface area (TPSA) is 0 Å². The maximum atomic E-state index is 2.19. The predicted octanol–water partition coefficient (Wildman–Crippen LogP) is -3.71. The molecule has 0 saturated heterocycles. The first-order chi connectivity index (χ1) is 3.43. The molecule has 0 radical (unpaired) electrons. The largest absolute Gasteiger partial charge is 2.00 e. The van der Waals surface area contributed by atoms with Crippen molar-refractivity contribution in [1.82, 2.24) is 0 Å². The summed E-state index contributed by atoms with van der Waals surface area (Å²) in [5.74, 6) is 0. The summed E-state index contributed by atoms with van der Waals surface area (Å²) in [5.41, 5.74) is 1.56. The van der Waals surface area contributed by atoms with Gasteiger partial charge in [-0.25, -0.2) is 0 Å². The fraction of sp³-hybridized carbons (Fsp3) is 0.429. The Morgan fingerprint density at radius 3 is 2.20 bits per heavy atom. The van der Waals surface area contributed by atoms with Gasteiger partial charge in [0.25, 0.3) is 0 Å². The normalized spacial score (nSPS) is 12.3. The second kappa shape index (κ2) is 9.93. The van der Waals surface area contributed by atoms with Crippen molar-refractivity contribution in [3.63, 3.8) is 0 Å². The van der Waals surface area contributed by atoms with Gasteiger partial charge in [-0.15, -0.1) is 0 Å². The van der Waals surface area contributed by atoms with Gasteiger partial charge in [0, 0.05) is 0 Å². The van der Waals surface area contributed by atoms with Crippen LogP contribution in [0, 0.1) is 0 Å². The summed E-state index contributed by atoms with van der Waals surface area (Å²) in [7, 11) is 0. The molecule has 0 saturated carbocycles. The maximum absolute atomic E-state index is 2.19.